The van der Waals surface area contributed by atoms with Crippen molar-refractivity contribution in [3.63, 3.8) is 0 Å². The lowest BCUT2D eigenvalue weighted by Crippen LogP contribution is -2.45. The Hall–Kier alpha value is -1.53. The van der Waals surface area contributed by atoms with Crippen LogP contribution in [0.4, 0.5) is 8.78 Å². The predicted molar refractivity (Wildman–Crippen MR) is 64.8 cm³/mol. The summed E-state index contributed by atoms with van der Waals surface area (Å²) in [6, 6.07) is 0. The highest BCUT2D eigenvalue weighted by Crippen LogP contribution is 2.45. The van der Waals surface area contributed by atoms with Crippen molar-refractivity contribution in [2.75, 3.05) is 0 Å². The van der Waals surface area contributed by atoms with Gasteiger partial charge in [0.25, 0.3) is 11.8 Å². The number of hydrogen-bond acceptors (Lipinski definition) is 3. The van der Waals surface area contributed by atoms with E-state index in [0.717, 1.165) is 0 Å². The van der Waals surface area contributed by atoms with E-state index < -0.39 is 23.2 Å². The number of nitrogens with two attached hydrogens (primary N) is 1. The Kier molecular flexibility index (Phi) is 3.10. The largest absolute Gasteiger partial charge is 0.363 e. The summed E-state index contributed by atoms with van der Waals surface area (Å²) in [4.78, 5) is 11.2. The number of fused-ring (bicyclic) bond motifs is 1. The van der Waals surface area contributed by atoms with Crippen molar-refractivity contribution in [2.24, 2.45) is 17.1 Å². The maximum atomic E-state index is 14.4. The van der Waals surface area contributed by atoms with Crippen molar-refractivity contribution < 1.29 is 13.6 Å². The van der Waals surface area contributed by atoms with Crippen molar-refractivity contribution in [1.82, 2.24) is 14.8 Å². The number of carbonyl (C=O) groups excluding carboxylic acids is 1. The van der Waals surface area contributed by atoms with Crippen LogP contribution in [0.15, 0.2) is 0 Å². The van der Waals surface area contributed by atoms with Gasteiger partial charge in [-0.15, -0.1) is 10.2 Å². The number of amides is 1. The minimum atomic E-state index is -2.83. The third-order valence-corrected chi connectivity index (χ3v) is 3.68. The molecule has 0 radical (unpaired) electrons. The summed E-state index contributed by atoms with van der Waals surface area (Å²) < 4.78 is 30.2. The number of aromatic nitrogens is 3. The molecule has 0 saturated carbocycles. The lowest BCUT2D eigenvalue weighted by atomic mass is 9.77. The molecular formula is C12H18F2N4O. The van der Waals surface area contributed by atoms with Gasteiger partial charge < -0.3 is 10.3 Å². The Bertz CT molecular complexity index is 504. The summed E-state index contributed by atoms with van der Waals surface area (Å²) >= 11 is 0. The lowest BCUT2D eigenvalue weighted by Gasteiger charge is -2.39. The molecule has 1 aliphatic heterocycles. The van der Waals surface area contributed by atoms with Crippen LogP contribution >= 0.6 is 0 Å². The number of nitrogens with zero attached hydrogens (tertiary/aromatic N) is 3. The van der Waals surface area contributed by atoms with Crippen LogP contribution in [0.2, 0.25) is 0 Å². The first-order valence-electron chi connectivity index (χ1n) is 6.24. The predicted octanol–water partition coefficient (Wildman–Crippen LogP) is 1.62. The summed E-state index contributed by atoms with van der Waals surface area (Å²) in [5, 5.41) is 7.49. The number of carbonyl (C=O) groups is 1. The molecule has 0 saturated heterocycles. The molecule has 2 N–H and O–H groups in total. The molecule has 0 aromatic carbocycles. The van der Waals surface area contributed by atoms with E-state index in [2.05, 4.69) is 10.2 Å². The van der Waals surface area contributed by atoms with Crippen LogP contribution in [0.3, 0.4) is 0 Å². The van der Waals surface area contributed by atoms with E-state index in [1.807, 2.05) is 0 Å². The zero-order valence-electron chi connectivity index (χ0n) is 11.3. The minimum Gasteiger partial charge on any atom is -0.363 e. The molecule has 1 amide bonds. The number of aryl methyl sites for hydroxylation is 1. The van der Waals surface area contributed by atoms with E-state index in [0.29, 0.717) is 18.7 Å². The molecular weight excluding hydrogens is 254 g/mol. The summed E-state index contributed by atoms with van der Waals surface area (Å²) in [6.07, 6.45) is 0.720. The van der Waals surface area contributed by atoms with Crippen molar-refractivity contribution >= 4 is 5.91 Å². The molecule has 19 heavy (non-hydrogen) atoms. The highest BCUT2D eigenvalue weighted by molar-refractivity contribution is 5.89. The molecule has 2 rings (SSSR count). The van der Waals surface area contributed by atoms with E-state index in [4.69, 9.17) is 5.73 Å². The van der Waals surface area contributed by atoms with Gasteiger partial charge in [0, 0.05) is 24.3 Å². The number of primary amides is 1. The molecule has 7 heteroatoms. The summed E-state index contributed by atoms with van der Waals surface area (Å²) in [5.74, 6) is -3.89. The summed E-state index contributed by atoms with van der Waals surface area (Å²) in [7, 11) is 0. The minimum absolute atomic E-state index is 0.0326. The molecule has 1 unspecified atom stereocenters. The first-order chi connectivity index (χ1) is 8.64. The molecule has 0 fully saturated rings. The first kappa shape index (κ1) is 13.9. The molecule has 2 heterocycles. The van der Waals surface area contributed by atoms with Crippen molar-refractivity contribution in [2.45, 2.75) is 46.1 Å². The first-order valence-corrected chi connectivity index (χ1v) is 6.24. The fraction of sp³-hybridized carbons (Fsp3) is 0.750. The van der Waals surface area contributed by atoms with Gasteiger partial charge in [0.05, 0.1) is 0 Å². The van der Waals surface area contributed by atoms with Crippen LogP contribution in [0.5, 0.6) is 0 Å². The van der Waals surface area contributed by atoms with Crippen LogP contribution in [-0.2, 0) is 13.0 Å². The standard InChI is InChI=1S/C12H18F2N4O/c1-11(2,3)12(13,14)7-4-5-8-16-17-10(9(15)19)18(8)6-7/h7H,4-6H2,1-3H3,(H2,15,19). The Morgan fingerprint density at radius 1 is 1.37 bits per heavy atom. The third-order valence-electron chi connectivity index (χ3n) is 3.68. The Morgan fingerprint density at radius 2 is 2.00 bits per heavy atom. The van der Waals surface area contributed by atoms with Gasteiger partial charge in [-0.1, -0.05) is 20.8 Å². The SMILES string of the molecule is CC(C)(C)C(F)(F)C1CCc2nnc(C(N)=O)n2C1. The zero-order chi connectivity index (χ0) is 14.4. The number of alkyl halides is 2. The highest BCUT2D eigenvalue weighted by atomic mass is 19.3. The van der Waals surface area contributed by atoms with Crippen molar-refractivity contribution in [3.05, 3.63) is 11.6 Å². The maximum Gasteiger partial charge on any atom is 0.286 e. The lowest BCUT2D eigenvalue weighted by molar-refractivity contribution is -0.151. The van der Waals surface area contributed by atoms with E-state index in [1.165, 1.54) is 25.3 Å². The van der Waals surface area contributed by atoms with Crippen LogP contribution in [0, 0.1) is 11.3 Å². The topological polar surface area (TPSA) is 73.8 Å². The summed E-state index contributed by atoms with van der Waals surface area (Å²) in [6.45, 7) is 4.59. The normalized spacial score (nSPS) is 20.2. The van der Waals surface area contributed by atoms with Gasteiger partial charge >= 0.3 is 0 Å². The Balaban J connectivity index is 2.32. The molecule has 1 aromatic rings. The van der Waals surface area contributed by atoms with Crippen LogP contribution < -0.4 is 5.73 Å². The van der Waals surface area contributed by atoms with Gasteiger partial charge in [-0.05, 0) is 6.42 Å². The molecule has 1 aromatic heterocycles. The van der Waals surface area contributed by atoms with E-state index in [9.17, 15) is 13.6 Å². The van der Waals surface area contributed by atoms with Crippen molar-refractivity contribution in [1.29, 1.82) is 0 Å². The molecule has 5 nitrogen and oxygen atoms in total. The third kappa shape index (κ3) is 2.21. The zero-order valence-corrected chi connectivity index (χ0v) is 11.3. The quantitative estimate of drug-likeness (QED) is 0.889. The number of hydrogen-bond donors (Lipinski definition) is 1. The van der Waals surface area contributed by atoms with Crippen molar-refractivity contribution in [3.8, 4) is 0 Å². The number of halogens is 2. The molecule has 1 aliphatic rings. The smallest absolute Gasteiger partial charge is 0.286 e. The fourth-order valence-corrected chi connectivity index (χ4v) is 2.42. The van der Waals surface area contributed by atoms with Gasteiger partial charge in [0.15, 0.2) is 0 Å². The van der Waals surface area contributed by atoms with Gasteiger partial charge in [-0.25, -0.2) is 8.78 Å². The summed E-state index contributed by atoms with van der Waals surface area (Å²) in [5.41, 5.74) is 4.04. The number of rotatable bonds is 2. The molecule has 1 atom stereocenters. The van der Waals surface area contributed by atoms with Crippen LogP contribution in [0.1, 0.15) is 43.6 Å². The molecule has 0 spiro atoms. The second kappa shape index (κ2) is 4.25. The van der Waals surface area contributed by atoms with E-state index in [1.54, 1.807) is 0 Å². The highest BCUT2D eigenvalue weighted by Gasteiger charge is 2.50. The molecule has 0 bridgehead atoms. The average molecular weight is 272 g/mol. The second-order valence-corrected chi connectivity index (χ2v) is 6.02. The second-order valence-electron chi connectivity index (χ2n) is 6.02. The maximum absolute atomic E-state index is 14.4. The van der Waals surface area contributed by atoms with Gasteiger partial charge in [-0.2, -0.15) is 0 Å². The van der Waals surface area contributed by atoms with Crippen LogP contribution in [0.25, 0.3) is 0 Å². The average Bonchev–Trinajstić information content (AvgIpc) is 2.69. The van der Waals surface area contributed by atoms with E-state index >= 15 is 0 Å². The fourth-order valence-electron chi connectivity index (χ4n) is 2.42. The molecule has 0 aliphatic carbocycles. The van der Waals surface area contributed by atoms with Crippen LogP contribution in [-0.4, -0.2) is 26.6 Å². The Labute approximate surface area is 110 Å². The van der Waals surface area contributed by atoms with Gasteiger partial charge in [-0.3, -0.25) is 4.79 Å². The van der Waals surface area contributed by atoms with Gasteiger partial charge in [0.2, 0.25) is 5.82 Å². The molecule has 106 valence electrons. The Morgan fingerprint density at radius 3 is 2.53 bits per heavy atom. The van der Waals surface area contributed by atoms with E-state index in [-0.39, 0.29) is 12.4 Å². The monoisotopic (exact) mass is 272 g/mol. The van der Waals surface area contributed by atoms with Gasteiger partial charge in [0.1, 0.15) is 5.82 Å².